The smallest absolute Gasteiger partial charge is 0.138 e. The molecular formula is C38H30N4O2S10. The first-order valence-electron chi connectivity index (χ1n) is 16.7. The van der Waals surface area contributed by atoms with Gasteiger partial charge in [0.05, 0.1) is 77.7 Å². The Morgan fingerprint density at radius 3 is 1.28 bits per heavy atom. The highest BCUT2D eigenvalue weighted by Crippen LogP contribution is 2.73. The highest BCUT2D eigenvalue weighted by Gasteiger charge is 2.38. The van der Waals surface area contributed by atoms with E-state index in [9.17, 15) is 0 Å². The topological polar surface area (TPSA) is 69.0 Å². The zero-order valence-corrected chi connectivity index (χ0v) is 38.3. The number of benzene rings is 1. The van der Waals surface area contributed by atoms with E-state index in [-0.39, 0.29) is 0 Å². The zero-order chi connectivity index (χ0) is 37.0. The van der Waals surface area contributed by atoms with Crippen molar-refractivity contribution in [1.29, 1.82) is 0 Å². The van der Waals surface area contributed by atoms with Crippen molar-refractivity contribution < 1.29 is 9.47 Å². The van der Waals surface area contributed by atoms with Crippen LogP contribution in [0.4, 0.5) is 11.4 Å². The number of hydrogen-bond donors (Lipinski definition) is 0. The largest absolute Gasteiger partial charge is 0.495 e. The molecule has 0 bridgehead atoms. The van der Waals surface area contributed by atoms with Gasteiger partial charge in [0, 0.05) is 61.0 Å². The number of methoxy groups -OCH3 is 2. The number of nitrogens with zero attached hydrogens (tertiary/aromatic N) is 4. The second kappa shape index (κ2) is 11.9. The van der Waals surface area contributed by atoms with Crippen LogP contribution in [0.3, 0.4) is 0 Å². The van der Waals surface area contributed by atoms with E-state index >= 15 is 0 Å². The number of fused-ring (bicyclic) bond motifs is 8. The molecule has 0 radical (unpaired) electrons. The van der Waals surface area contributed by atoms with Gasteiger partial charge in [0.1, 0.15) is 33.9 Å². The van der Waals surface area contributed by atoms with Crippen LogP contribution in [-0.4, -0.2) is 48.0 Å². The summed E-state index contributed by atoms with van der Waals surface area (Å²) in [6.07, 6.45) is 9.72. The Hall–Kier alpha value is -2.64. The van der Waals surface area contributed by atoms with Crippen LogP contribution < -0.4 is 9.47 Å². The lowest BCUT2D eigenvalue weighted by atomic mass is 10.00. The summed E-state index contributed by atoms with van der Waals surface area (Å²) in [5, 5.41) is 0. The molecule has 0 N–H and O–H groups in total. The van der Waals surface area contributed by atoms with Crippen LogP contribution in [0.1, 0.15) is 9.75 Å². The summed E-state index contributed by atoms with van der Waals surface area (Å²) in [4.78, 5) is 21.5. The normalized spacial score (nSPS) is 16.6. The summed E-state index contributed by atoms with van der Waals surface area (Å²) in [7, 11) is 1.40. The second-order valence-electron chi connectivity index (χ2n) is 14.1. The van der Waals surface area contributed by atoms with Crippen molar-refractivity contribution in [3.8, 4) is 71.4 Å². The van der Waals surface area contributed by atoms with Gasteiger partial charge in [0.2, 0.25) is 0 Å². The van der Waals surface area contributed by atoms with E-state index in [1.165, 1.54) is 91.4 Å². The lowest BCUT2D eigenvalue weighted by Crippen LogP contribution is -1.90. The van der Waals surface area contributed by atoms with Crippen molar-refractivity contribution >= 4 is 134 Å². The van der Waals surface area contributed by atoms with Crippen molar-refractivity contribution in [2.24, 2.45) is 8.73 Å². The molecule has 16 heteroatoms. The maximum absolute atomic E-state index is 6.12. The van der Waals surface area contributed by atoms with E-state index in [0.717, 1.165) is 54.8 Å². The molecule has 0 spiro atoms. The summed E-state index contributed by atoms with van der Waals surface area (Å²) in [5.41, 5.74) is 5.14. The Bertz CT molecular complexity index is 2810. The highest BCUT2D eigenvalue weighted by atomic mass is 32.3. The Balaban J connectivity index is 1.05. The van der Waals surface area contributed by atoms with E-state index in [1.807, 2.05) is 45.3 Å². The van der Waals surface area contributed by atoms with E-state index in [4.69, 9.17) is 26.9 Å². The van der Waals surface area contributed by atoms with E-state index in [2.05, 4.69) is 75.3 Å². The van der Waals surface area contributed by atoms with Gasteiger partial charge >= 0.3 is 0 Å². The van der Waals surface area contributed by atoms with Gasteiger partial charge in [-0.3, -0.25) is 0 Å². The fourth-order valence-electron chi connectivity index (χ4n) is 7.69. The highest BCUT2D eigenvalue weighted by molar-refractivity contribution is 8.33. The molecule has 10 heterocycles. The third kappa shape index (κ3) is 4.66. The van der Waals surface area contributed by atoms with Crippen LogP contribution in [0, 0.1) is 13.8 Å². The van der Waals surface area contributed by atoms with Crippen molar-refractivity contribution in [2.45, 2.75) is 33.4 Å². The molecule has 11 rings (SSSR count). The summed E-state index contributed by atoms with van der Waals surface area (Å²) < 4.78 is 32.0. The second-order valence-corrected chi connectivity index (χ2v) is 28.9. The minimum absolute atomic E-state index is 0.815. The third-order valence-electron chi connectivity index (χ3n) is 10.3. The van der Waals surface area contributed by atoms with Gasteiger partial charge in [0.25, 0.3) is 0 Å². The van der Waals surface area contributed by atoms with Gasteiger partial charge in [-0.25, -0.2) is 0 Å². The van der Waals surface area contributed by atoms with Gasteiger partial charge in [-0.05, 0) is 63.1 Å². The summed E-state index contributed by atoms with van der Waals surface area (Å²) in [6, 6.07) is 14.0. The maximum atomic E-state index is 6.12. The molecule has 0 amide bonds. The number of ether oxygens (including phenoxy) is 2. The molecule has 54 heavy (non-hydrogen) atoms. The average molecular weight is 895 g/mol. The van der Waals surface area contributed by atoms with Crippen LogP contribution in [0.15, 0.2) is 64.7 Å². The molecule has 8 aromatic rings. The Morgan fingerprint density at radius 2 is 0.852 bits per heavy atom. The first-order valence-corrected chi connectivity index (χ1v) is 28.0. The number of thiophene rings is 6. The first-order chi connectivity index (χ1) is 26.0. The fraction of sp³-hybridized carbons (Fsp3) is 0.211. The SMILES string of the molecule is COc1cc(-c2cc3c(s2)-c2sc(C)cc2S3(C)C)sc1-c1c2c(c(-c3sc(-c4cc5c(s4)-c4sc(C)cc4S5(C)C)cc3OC)c3nsnc13)N=S=N2. The lowest BCUT2D eigenvalue weighted by molar-refractivity contribution is 0.418. The quantitative estimate of drug-likeness (QED) is 0.167. The van der Waals surface area contributed by atoms with E-state index in [1.54, 1.807) is 36.9 Å². The summed E-state index contributed by atoms with van der Waals surface area (Å²) in [5.74, 6) is 1.63. The van der Waals surface area contributed by atoms with Gasteiger partial charge < -0.3 is 9.47 Å². The van der Waals surface area contributed by atoms with Gasteiger partial charge in [-0.15, -0.1) is 68.0 Å². The van der Waals surface area contributed by atoms with Crippen molar-refractivity contribution in [3.63, 3.8) is 0 Å². The minimum Gasteiger partial charge on any atom is -0.495 e. The van der Waals surface area contributed by atoms with Crippen LogP contribution >= 0.6 is 99.8 Å². The number of hydrogen-bond acceptors (Lipinski definition) is 13. The van der Waals surface area contributed by atoms with Crippen LogP contribution in [0.25, 0.3) is 70.9 Å². The van der Waals surface area contributed by atoms with Crippen molar-refractivity contribution in [3.05, 3.63) is 46.2 Å². The van der Waals surface area contributed by atoms with Crippen LogP contribution in [0.5, 0.6) is 11.5 Å². The number of aryl methyl sites for hydroxylation is 2. The Morgan fingerprint density at radius 1 is 0.481 bits per heavy atom. The molecule has 0 unspecified atom stereocenters. The molecule has 0 fully saturated rings. The molecule has 6 nitrogen and oxygen atoms in total. The van der Waals surface area contributed by atoms with Crippen molar-refractivity contribution in [1.82, 2.24) is 8.75 Å². The van der Waals surface area contributed by atoms with Gasteiger partial charge in [0.15, 0.2) is 0 Å². The third-order valence-corrected chi connectivity index (χ3v) is 25.0. The van der Waals surface area contributed by atoms with E-state index < -0.39 is 20.1 Å². The fourth-order valence-corrected chi connectivity index (χ4v) is 23.6. The lowest BCUT2D eigenvalue weighted by Gasteiger charge is -2.26. The number of rotatable bonds is 6. The maximum Gasteiger partial charge on any atom is 0.138 e. The predicted octanol–water partition coefficient (Wildman–Crippen LogP) is 15.0. The monoisotopic (exact) mass is 894 g/mol. The Labute approximate surface area is 347 Å². The summed E-state index contributed by atoms with van der Waals surface area (Å²) >= 11 is 13.6. The zero-order valence-electron chi connectivity index (χ0n) is 30.2. The molecule has 1 aromatic carbocycles. The molecule has 3 aliphatic rings. The molecule has 0 saturated heterocycles. The molecule has 274 valence electrons. The molecule has 3 aliphatic heterocycles. The molecule has 0 aliphatic carbocycles. The van der Waals surface area contributed by atoms with Crippen LogP contribution in [-0.2, 0) is 11.4 Å². The predicted molar refractivity (Wildman–Crippen MR) is 243 cm³/mol. The molecule has 7 aromatic heterocycles. The molecular weight excluding hydrogens is 865 g/mol. The Kier molecular flexibility index (Phi) is 7.65. The van der Waals surface area contributed by atoms with Crippen molar-refractivity contribution in [2.75, 3.05) is 39.2 Å². The van der Waals surface area contributed by atoms with E-state index in [0.29, 0.717) is 0 Å². The van der Waals surface area contributed by atoms with Gasteiger partial charge in [-0.2, -0.15) is 37.5 Å². The molecule has 0 saturated carbocycles. The standard InChI is InChI=1S/C38H30N4O2S10/c1-15-9-23-35(45-15)37-25(53(23,5)6)13-21(49-37)19-11-17(43-3)33(47-19)27-29-31(41-51-39-29)28(32-30(27)40-52-42-32)34-18(44-4)12-20(48-34)22-14-26-38(50-22)36-24(54(26,7)8)10-16(2)46-36/h9-14H,1-8H3. The summed E-state index contributed by atoms with van der Waals surface area (Å²) in [6.45, 7) is 4.45. The average Bonchev–Trinajstić information content (AvgIpc) is 3.99. The minimum atomic E-state index is -1.05. The molecule has 0 atom stereocenters. The number of aromatic nitrogens is 2. The first kappa shape index (κ1) is 34.6. The van der Waals surface area contributed by atoms with Crippen LogP contribution in [0.2, 0.25) is 0 Å². The van der Waals surface area contributed by atoms with Gasteiger partial charge in [-0.1, -0.05) is 0 Å².